The molecule has 154 valence electrons. The molecule has 3 aromatic heterocycles. The van der Waals surface area contributed by atoms with E-state index in [0.717, 1.165) is 4.57 Å². The van der Waals surface area contributed by atoms with Gasteiger partial charge in [0.25, 0.3) is 5.91 Å². The van der Waals surface area contributed by atoms with Gasteiger partial charge in [0.2, 0.25) is 0 Å². The smallest absolute Gasteiger partial charge is 0.422 e. The summed E-state index contributed by atoms with van der Waals surface area (Å²) in [5.41, 5.74) is 0.422. The highest BCUT2D eigenvalue weighted by molar-refractivity contribution is 7.12. The second kappa shape index (κ2) is 7.74. The van der Waals surface area contributed by atoms with Crippen LogP contribution in [0.2, 0.25) is 0 Å². The highest BCUT2D eigenvalue weighted by Crippen LogP contribution is 2.36. The van der Waals surface area contributed by atoms with E-state index in [4.69, 9.17) is 4.74 Å². The number of anilines is 1. The van der Waals surface area contributed by atoms with E-state index in [1.165, 1.54) is 24.5 Å². The predicted molar refractivity (Wildman–Crippen MR) is 101 cm³/mol. The van der Waals surface area contributed by atoms with Crippen LogP contribution in [0.25, 0.3) is 11.0 Å². The summed E-state index contributed by atoms with van der Waals surface area (Å²) in [6.07, 6.45) is -4.24. The van der Waals surface area contributed by atoms with Crippen LogP contribution in [0.4, 0.5) is 18.9 Å². The van der Waals surface area contributed by atoms with Crippen molar-refractivity contribution in [3.05, 3.63) is 39.8 Å². The van der Waals surface area contributed by atoms with E-state index >= 15 is 0 Å². The summed E-state index contributed by atoms with van der Waals surface area (Å²) in [6.45, 7) is 0.135. The van der Waals surface area contributed by atoms with Crippen LogP contribution in [0.3, 0.4) is 0 Å². The van der Waals surface area contributed by atoms with Gasteiger partial charge >= 0.3 is 12.1 Å². The van der Waals surface area contributed by atoms with Gasteiger partial charge in [0, 0.05) is 7.05 Å². The molecule has 0 saturated carbocycles. The van der Waals surface area contributed by atoms with Crippen LogP contribution in [0.1, 0.15) is 32.8 Å². The molecule has 0 saturated heterocycles. The van der Waals surface area contributed by atoms with Gasteiger partial charge in [0.15, 0.2) is 18.1 Å². The molecule has 0 fully saturated rings. The van der Waals surface area contributed by atoms with E-state index in [0.29, 0.717) is 17.0 Å². The Morgan fingerprint density at radius 3 is 2.66 bits per heavy atom. The Morgan fingerprint density at radius 2 is 2.10 bits per heavy atom. The Bertz CT molecular complexity index is 1070. The first-order valence-corrected chi connectivity index (χ1v) is 9.30. The van der Waals surface area contributed by atoms with Crippen LogP contribution in [-0.2, 0) is 13.5 Å². The number of carbonyl (C=O) groups is 2. The molecule has 0 aliphatic rings. The van der Waals surface area contributed by atoms with Crippen molar-refractivity contribution in [3.8, 4) is 5.75 Å². The van der Waals surface area contributed by atoms with Crippen molar-refractivity contribution < 1.29 is 32.6 Å². The average molecular weight is 427 g/mol. The molecule has 3 rings (SSSR count). The lowest BCUT2D eigenvalue weighted by Gasteiger charge is -2.11. The molecule has 0 aromatic carbocycles. The Hall–Kier alpha value is -3.08. The molecule has 0 unspecified atom stereocenters. The molecule has 0 aliphatic heterocycles. The number of thiophene rings is 1. The molecule has 0 radical (unpaired) electrons. The first-order valence-electron chi connectivity index (χ1n) is 8.42. The van der Waals surface area contributed by atoms with E-state index in [9.17, 15) is 27.9 Å². The number of carbonyl (C=O) groups excluding carboxylic acids is 1. The normalized spacial score (nSPS) is 11.6. The molecule has 1 amide bonds. The third-order valence-corrected chi connectivity index (χ3v) is 4.97. The number of nitrogens with zero attached hydrogens (tertiary/aromatic N) is 2. The number of nitrogens with one attached hydrogen (secondary N) is 1. The van der Waals surface area contributed by atoms with E-state index in [1.807, 2.05) is 0 Å². The first-order chi connectivity index (χ1) is 13.6. The standard InChI is InChI=1S/C18H16F3N3O4S/c1-3-10-11(23-16(25)12-5-4-6-29-12)7-9-14(28-8-18(19,20)21)13(17(26)27)24(2)15(9)22-10/h4-7H,3,8H2,1-2H3,(H,23,25)(H,26,27). The molecule has 3 heterocycles. The molecular weight excluding hydrogens is 411 g/mol. The number of hydrogen-bond donors (Lipinski definition) is 2. The fourth-order valence-corrected chi connectivity index (χ4v) is 3.48. The fraction of sp³-hybridized carbons (Fsp3) is 0.278. The van der Waals surface area contributed by atoms with Crippen molar-refractivity contribution in [2.45, 2.75) is 19.5 Å². The van der Waals surface area contributed by atoms with Crippen molar-refractivity contribution in [3.63, 3.8) is 0 Å². The number of hydrogen-bond acceptors (Lipinski definition) is 5. The summed E-state index contributed by atoms with van der Waals surface area (Å²) in [5.74, 6) is -2.30. The topological polar surface area (TPSA) is 93.4 Å². The molecule has 3 aromatic rings. The lowest BCUT2D eigenvalue weighted by atomic mass is 10.2. The summed E-state index contributed by atoms with van der Waals surface area (Å²) < 4.78 is 44.0. The Balaban J connectivity index is 2.13. The van der Waals surface area contributed by atoms with Crippen LogP contribution < -0.4 is 10.1 Å². The van der Waals surface area contributed by atoms with Crippen molar-refractivity contribution in [2.24, 2.45) is 7.05 Å². The molecule has 11 heteroatoms. The van der Waals surface area contributed by atoms with Crippen molar-refractivity contribution in [2.75, 3.05) is 11.9 Å². The molecule has 0 bridgehead atoms. The molecule has 29 heavy (non-hydrogen) atoms. The monoisotopic (exact) mass is 427 g/mol. The molecule has 2 N–H and O–H groups in total. The van der Waals surface area contributed by atoms with Gasteiger partial charge in [-0.05, 0) is 23.9 Å². The number of aromatic nitrogens is 2. The molecule has 0 atom stereocenters. The average Bonchev–Trinajstić information content (AvgIpc) is 3.26. The maximum absolute atomic E-state index is 12.7. The summed E-state index contributed by atoms with van der Waals surface area (Å²) in [5, 5.41) is 13.9. The fourth-order valence-electron chi connectivity index (χ4n) is 2.86. The predicted octanol–water partition coefficient (Wildman–Crippen LogP) is 4.09. The Kier molecular flexibility index (Phi) is 5.51. The third kappa shape index (κ3) is 4.19. The van der Waals surface area contributed by atoms with Crippen LogP contribution in [0, 0.1) is 0 Å². The lowest BCUT2D eigenvalue weighted by Crippen LogP contribution is -2.20. The highest BCUT2D eigenvalue weighted by atomic mass is 32.1. The van der Waals surface area contributed by atoms with Crippen molar-refractivity contribution in [1.82, 2.24) is 9.55 Å². The summed E-state index contributed by atoms with van der Waals surface area (Å²) in [4.78, 5) is 28.8. The zero-order chi connectivity index (χ0) is 21.3. The number of carboxylic acids is 1. The SMILES string of the molecule is CCc1nc2c(cc1NC(=O)c1cccs1)c(OCC(F)(F)F)c(C(=O)O)n2C. The van der Waals surface area contributed by atoms with Crippen LogP contribution in [-0.4, -0.2) is 39.3 Å². The summed E-state index contributed by atoms with van der Waals surface area (Å²) in [6, 6.07) is 4.73. The van der Waals surface area contributed by atoms with Crippen LogP contribution in [0.15, 0.2) is 23.6 Å². The number of aromatic carboxylic acids is 1. The maximum atomic E-state index is 12.7. The number of fused-ring (bicyclic) bond motifs is 1. The minimum absolute atomic E-state index is 0.0628. The quantitative estimate of drug-likeness (QED) is 0.618. The number of amides is 1. The van der Waals surface area contributed by atoms with Gasteiger partial charge in [0.05, 0.1) is 21.6 Å². The van der Waals surface area contributed by atoms with Gasteiger partial charge in [-0.1, -0.05) is 13.0 Å². The number of aryl methyl sites for hydroxylation is 2. The van der Waals surface area contributed by atoms with Gasteiger partial charge < -0.3 is 19.7 Å². The number of ether oxygens (including phenoxy) is 1. The van der Waals surface area contributed by atoms with Gasteiger partial charge in [-0.2, -0.15) is 13.2 Å². The minimum Gasteiger partial charge on any atom is -0.481 e. The van der Waals surface area contributed by atoms with Gasteiger partial charge in [-0.15, -0.1) is 11.3 Å². The summed E-state index contributed by atoms with van der Waals surface area (Å²) in [7, 11) is 1.38. The maximum Gasteiger partial charge on any atom is 0.422 e. The lowest BCUT2D eigenvalue weighted by molar-refractivity contribution is -0.153. The second-order valence-corrected chi connectivity index (χ2v) is 7.03. The highest BCUT2D eigenvalue weighted by Gasteiger charge is 2.32. The van der Waals surface area contributed by atoms with E-state index < -0.39 is 36.1 Å². The molecule has 0 spiro atoms. The summed E-state index contributed by atoms with van der Waals surface area (Å²) >= 11 is 1.23. The van der Waals surface area contributed by atoms with Crippen molar-refractivity contribution >= 4 is 39.9 Å². The second-order valence-electron chi connectivity index (χ2n) is 6.08. The van der Waals surface area contributed by atoms with Gasteiger partial charge in [0.1, 0.15) is 5.65 Å². The molecular formula is C18H16F3N3O4S. The van der Waals surface area contributed by atoms with Crippen LogP contribution >= 0.6 is 11.3 Å². The zero-order valence-corrected chi connectivity index (χ0v) is 16.1. The van der Waals surface area contributed by atoms with Crippen LogP contribution in [0.5, 0.6) is 5.75 Å². The molecule has 7 nitrogen and oxygen atoms in total. The largest absolute Gasteiger partial charge is 0.481 e. The number of pyridine rings is 1. The van der Waals surface area contributed by atoms with Gasteiger partial charge in [-0.25, -0.2) is 9.78 Å². The number of halogens is 3. The van der Waals surface area contributed by atoms with E-state index in [-0.39, 0.29) is 16.7 Å². The van der Waals surface area contributed by atoms with E-state index in [1.54, 1.807) is 24.4 Å². The number of carboxylic acid groups (broad SMARTS) is 1. The minimum atomic E-state index is -4.65. The number of rotatable bonds is 6. The van der Waals surface area contributed by atoms with Gasteiger partial charge in [-0.3, -0.25) is 4.79 Å². The first kappa shape index (κ1) is 20.6. The van der Waals surface area contributed by atoms with E-state index in [2.05, 4.69) is 10.3 Å². The molecule has 0 aliphatic carbocycles. The zero-order valence-electron chi connectivity index (χ0n) is 15.3. The Labute approximate surface area is 166 Å². The number of alkyl halides is 3. The Morgan fingerprint density at radius 1 is 1.38 bits per heavy atom. The third-order valence-electron chi connectivity index (χ3n) is 4.10. The van der Waals surface area contributed by atoms with Crippen molar-refractivity contribution in [1.29, 1.82) is 0 Å².